The molecule has 0 N–H and O–H groups in total. The molecule has 1 aromatic carbocycles. The summed E-state index contributed by atoms with van der Waals surface area (Å²) in [6, 6.07) is 14.2. The highest BCUT2D eigenvalue weighted by molar-refractivity contribution is 5.76. The van der Waals surface area contributed by atoms with Crippen LogP contribution in [0.5, 0.6) is 0 Å². The summed E-state index contributed by atoms with van der Waals surface area (Å²) >= 11 is 0. The third kappa shape index (κ3) is 4.15. The molecule has 1 aliphatic carbocycles. The molecule has 28 heavy (non-hydrogen) atoms. The van der Waals surface area contributed by atoms with Gasteiger partial charge in [-0.05, 0) is 36.1 Å². The molecule has 1 saturated heterocycles. The van der Waals surface area contributed by atoms with Crippen LogP contribution >= 0.6 is 0 Å². The molecule has 0 unspecified atom stereocenters. The monoisotopic (exact) mass is 376 g/mol. The lowest BCUT2D eigenvalue weighted by Gasteiger charge is -2.35. The number of benzene rings is 1. The first kappa shape index (κ1) is 18.5. The molecule has 0 atom stereocenters. The average molecular weight is 376 g/mol. The van der Waals surface area contributed by atoms with E-state index in [9.17, 15) is 4.79 Å². The van der Waals surface area contributed by atoms with Gasteiger partial charge in [-0.1, -0.05) is 24.3 Å². The molecular weight excluding hydrogens is 352 g/mol. The molecular formula is C22H24N4O2. The lowest BCUT2D eigenvalue weighted by atomic mass is 10.1. The van der Waals surface area contributed by atoms with Gasteiger partial charge in [-0.3, -0.25) is 4.79 Å². The normalized spacial score (nSPS) is 16.7. The van der Waals surface area contributed by atoms with Crippen molar-refractivity contribution in [1.29, 1.82) is 5.26 Å². The van der Waals surface area contributed by atoms with Crippen molar-refractivity contribution in [2.24, 2.45) is 0 Å². The van der Waals surface area contributed by atoms with Crippen molar-refractivity contribution < 1.29 is 9.53 Å². The van der Waals surface area contributed by atoms with Gasteiger partial charge < -0.3 is 14.5 Å². The van der Waals surface area contributed by atoms with E-state index in [1.54, 1.807) is 12.3 Å². The Hall–Kier alpha value is -2.91. The summed E-state index contributed by atoms with van der Waals surface area (Å²) in [5, 5.41) is 8.86. The summed E-state index contributed by atoms with van der Waals surface area (Å²) in [7, 11) is 0. The van der Waals surface area contributed by atoms with E-state index in [2.05, 4.69) is 40.2 Å². The number of carbonyl (C=O) groups is 1. The molecule has 4 rings (SSSR count). The summed E-state index contributed by atoms with van der Waals surface area (Å²) in [6.45, 7) is 3.37. The highest BCUT2D eigenvalue weighted by Gasteiger charge is 2.24. The Morgan fingerprint density at radius 3 is 2.43 bits per heavy atom. The van der Waals surface area contributed by atoms with E-state index in [4.69, 9.17) is 10.00 Å². The van der Waals surface area contributed by atoms with E-state index in [0.29, 0.717) is 31.7 Å². The molecule has 1 aromatic heterocycles. The van der Waals surface area contributed by atoms with Crippen molar-refractivity contribution in [3.63, 3.8) is 0 Å². The van der Waals surface area contributed by atoms with Gasteiger partial charge in [-0.2, -0.15) is 5.26 Å². The zero-order valence-electron chi connectivity index (χ0n) is 15.9. The maximum atomic E-state index is 12.5. The zero-order valence-corrected chi connectivity index (χ0v) is 15.9. The Bertz CT molecular complexity index is 842. The second kappa shape index (κ2) is 8.41. The summed E-state index contributed by atoms with van der Waals surface area (Å²) in [5.74, 6) is 1.01. The molecule has 0 radical (unpaired) electrons. The molecule has 1 amide bonds. The number of anilines is 1. The van der Waals surface area contributed by atoms with Gasteiger partial charge in [0.25, 0.3) is 0 Å². The van der Waals surface area contributed by atoms with Crippen LogP contribution < -0.4 is 4.90 Å². The Kier molecular flexibility index (Phi) is 5.54. The highest BCUT2D eigenvalue weighted by atomic mass is 16.5. The van der Waals surface area contributed by atoms with E-state index in [1.165, 1.54) is 11.1 Å². The number of amides is 1. The van der Waals surface area contributed by atoms with Crippen LogP contribution in [0.15, 0.2) is 42.6 Å². The molecule has 0 bridgehead atoms. The number of fused-ring (bicyclic) bond motifs is 1. The molecule has 0 saturated carbocycles. The largest absolute Gasteiger partial charge is 0.377 e. The van der Waals surface area contributed by atoms with Gasteiger partial charge in [0.05, 0.1) is 24.7 Å². The first-order chi connectivity index (χ1) is 13.7. The fourth-order valence-electron chi connectivity index (χ4n) is 3.93. The molecule has 1 fully saturated rings. The fraction of sp³-hybridized carbons (Fsp3) is 0.409. The minimum absolute atomic E-state index is 0.156. The van der Waals surface area contributed by atoms with Crippen LogP contribution in [-0.2, 0) is 22.4 Å². The second-order valence-electron chi connectivity index (χ2n) is 7.30. The Morgan fingerprint density at radius 2 is 1.82 bits per heavy atom. The first-order valence-electron chi connectivity index (χ1n) is 9.80. The predicted molar refractivity (Wildman–Crippen MR) is 106 cm³/mol. The summed E-state index contributed by atoms with van der Waals surface area (Å²) in [4.78, 5) is 20.9. The van der Waals surface area contributed by atoms with Crippen molar-refractivity contribution in [3.05, 3.63) is 59.3 Å². The number of pyridine rings is 1. The number of piperazine rings is 1. The molecule has 0 spiro atoms. The molecule has 2 aliphatic rings. The number of hydrogen-bond acceptors (Lipinski definition) is 5. The number of carbonyl (C=O) groups excluding carboxylic acids is 1. The molecule has 2 aromatic rings. The summed E-state index contributed by atoms with van der Waals surface area (Å²) in [5.41, 5.74) is 3.29. The minimum Gasteiger partial charge on any atom is -0.377 e. The molecule has 1 aliphatic heterocycles. The Morgan fingerprint density at radius 1 is 1.11 bits per heavy atom. The minimum atomic E-state index is 0.156. The summed E-state index contributed by atoms with van der Waals surface area (Å²) < 4.78 is 5.96. The lowest BCUT2D eigenvalue weighted by molar-refractivity contribution is -0.133. The molecule has 6 nitrogen and oxygen atoms in total. The number of nitriles is 1. The van der Waals surface area contributed by atoms with Crippen molar-refractivity contribution >= 4 is 11.7 Å². The van der Waals surface area contributed by atoms with E-state index in [-0.39, 0.29) is 12.0 Å². The highest BCUT2D eigenvalue weighted by Crippen LogP contribution is 2.24. The maximum absolute atomic E-state index is 12.5. The van der Waals surface area contributed by atoms with Crippen LogP contribution in [0.25, 0.3) is 0 Å². The smallest absolute Gasteiger partial charge is 0.225 e. The van der Waals surface area contributed by atoms with Crippen molar-refractivity contribution in [1.82, 2.24) is 9.88 Å². The topological polar surface area (TPSA) is 69.5 Å². The van der Waals surface area contributed by atoms with Gasteiger partial charge in [-0.25, -0.2) is 4.98 Å². The quantitative estimate of drug-likeness (QED) is 0.800. The van der Waals surface area contributed by atoms with E-state index in [0.717, 1.165) is 31.7 Å². The third-order valence-electron chi connectivity index (χ3n) is 5.52. The van der Waals surface area contributed by atoms with Gasteiger partial charge in [0.15, 0.2) is 0 Å². The maximum Gasteiger partial charge on any atom is 0.225 e. The number of aromatic nitrogens is 1. The third-order valence-corrected chi connectivity index (χ3v) is 5.52. The first-order valence-corrected chi connectivity index (χ1v) is 9.80. The van der Waals surface area contributed by atoms with Crippen LogP contribution in [0.2, 0.25) is 0 Å². The van der Waals surface area contributed by atoms with Crippen LogP contribution in [-0.4, -0.2) is 54.7 Å². The number of rotatable bonds is 5. The van der Waals surface area contributed by atoms with E-state index in [1.807, 2.05) is 11.0 Å². The Balaban J connectivity index is 1.19. The Labute approximate surface area is 165 Å². The standard InChI is InChI=1S/C22H24N4O2/c23-15-17-5-6-21(24-16-17)25-8-10-26(11-9-25)22(27)7-12-28-20-13-18-3-1-2-4-19(18)14-20/h1-6,16,20H,7-14H2. The molecule has 144 valence electrons. The number of ether oxygens (including phenoxy) is 1. The zero-order chi connectivity index (χ0) is 19.3. The van der Waals surface area contributed by atoms with Crippen molar-refractivity contribution in [2.45, 2.75) is 25.4 Å². The van der Waals surface area contributed by atoms with E-state index < -0.39 is 0 Å². The van der Waals surface area contributed by atoms with Crippen LogP contribution in [0, 0.1) is 11.3 Å². The SMILES string of the molecule is N#Cc1ccc(N2CCN(C(=O)CCOC3Cc4ccccc4C3)CC2)nc1. The predicted octanol–water partition coefficient (Wildman–Crippen LogP) is 2.18. The summed E-state index contributed by atoms with van der Waals surface area (Å²) in [6.07, 6.45) is 4.11. The van der Waals surface area contributed by atoms with Crippen molar-refractivity contribution in [3.8, 4) is 6.07 Å². The van der Waals surface area contributed by atoms with Gasteiger partial charge in [0.1, 0.15) is 11.9 Å². The molecule has 2 heterocycles. The van der Waals surface area contributed by atoms with Crippen molar-refractivity contribution in [2.75, 3.05) is 37.7 Å². The van der Waals surface area contributed by atoms with Crippen LogP contribution in [0.3, 0.4) is 0 Å². The number of nitrogens with zero attached hydrogens (tertiary/aromatic N) is 4. The second-order valence-corrected chi connectivity index (χ2v) is 7.30. The average Bonchev–Trinajstić information content (AvgIpc) is 3.16. The van der Waals surface area contributed by atoms with Gasteiger partial charge >= 0.3 is 0 Å². The van der Waals surface area contributed by atoms with E-state index >= 15 is 0 Å². The lowest BCUT2D eigenvalue weighted by Crippen LogP contribution is -2.49. The van der Waals surface area contributed by atoms with Gasteiger partial charge in [0, 0.05) is 32.4 Å². The van der Waals surface area contributed by atoms with Gasteiger partial charge in [-0.15, -0.1) is 0 Å². The van der Waals surface area contributed by atoms with Gasteiger partial charge in [0.2, 0.25) is 5.91 Å². The van der Waals surface area contributed by atoms with Crippen LogP contribution in [0.1, 0.15) is 23.1 Å². The van der Waals surface area contributed by atoms with Crippen LogP contribution in [0.4, 0.5) is 5.82 Å². The molecule has 6 heteroatoms. The fourth-order valence-corrected chi connectivity index (χ4v) is 3.93. The number of hydrogen-bond donors (Lipinski definition) is 0.